The van der Waals surface area contributed by atoms with Gasteiger partial charge in [-0.3, -0.25) is 0 Å². The number of methoxy groups -OCH3 is 3. The van der Waals surface area contributed by atoms with Crippen molar-refractivity contribution in [1.29, 1.82) is 0 Å². The van der Waals surface area contributed by atoms with Crippen molar-refractivity contribution < 1.29 is 14.2 Å². The molecule has 35 heavy (non-hydrogen) atoms. The van der Waals surface area contributed by atoms with Gasteiger partial charge in [-0.15, -0.1) is 0 Å². The summed E-state index contributed by atoms with van der Waals surface area (Å²) in [6.45, 7) is 1.72. The molecule has 1 saturated carbocycles. The third kappa shape index (κ3) is 6.10. The summed E-state index contributed by atoms with van der Waals surface area (Å²) in [5, 5.41) is 7.28. The summed E-state index contributed by atoms with van der Waals surface area (Å²) >= 11 is 0. The van der Waals surface area contributed by atoms with Gasteiger partial charge in [0.25, 0.3) is 0 Å². The minimum absolute atomic E-state index is 0.439. The number of hydrogen-bond donors (Lipinski definition) is 2. The number of fused-ring (bicyclic) bond motifs is 1. The van der Waals surface area contributed by atoms with E-state index in [0.717, 1.165) is 67.6 Å². The van der Waals surface area contributed by atoms with Gasteiger partial charge in [-0.25, -0.2) is 4.98 Å². The number of anilines is 2. The Labute approximate surface area is 209 Å². The lowest BCUT2D eigenvalue weighted by Crippen LogP contribution is -2.32. The molecule has 2 N–H and O–H groups in total. The van der Waals surface area contributed by atoms with Crippen molar-refractivity contribution in [3.8, 4) is 17.2 Å². The third-order valence-corrected chi connectivity index (χ3v) is 7.30. The molecule has 1 heterocycles. The lowest BCUT2D eigenvalue weighted by molar-refractivity contribution is 0.321. The van der Waals surface area contributed by atoms with Gasteiger partial charge in [-0.2, -0.15) is 4.98 Å². The maximum absolute atomic E-state index is 5.56. The predicted molar refractivity (Wildman–Crippen MR) is 140 cm³/mol. The number of ether oxygens (including phenoxy) is 3. The van der Waals surface area contributed by atoms with Gasteiger partial charge >= 0.3 is 0 Å². The van der Waals surface area contributed by atoms with Gasteiger partial charge in [0.15, 0.2) is 11.5 Å². The predicted octanol–water partition coefficient (Wildman–Crippen LogP) is 4.21. The first kappa shape index (κ1) is 25.4. The molecule has 8 nitrogen and oxygen atoms in total. The average molecular weight is 484 g/mol. The van der Waals surface area contributed by atoms with Gasteiger partial charge in [0.05, 0.1) is 27.0 Å². The zero-order chi connectivity index (χ0) is 24.8. The summed E-state index contributed by atoms with van der Waals surface area (Å²) in [5.74, 6) is 4.77. The highest BCUT2D eigenvalue weighted by Crippen LogP contribution is 2.35. The van der Waals surface area contributed by atoms with Gasteiger partial charge in [-0.05, 0) is 69.9 Å². The van der Waals surface area contributed by atoms with Crippen LogP contribution < -0.4 is 29.7 Å². The van der Waals surface area contributed by atoms with Crippen molar-refractivity contribution in [3.63, 3.8) is 0 Å². The molecule has 2 aliphatic carbocycles. The summed E-state index contributed by atoms with van der Waals surface area (Å²) < 4.78 is 16.4. The minimum atomic E-state index is 0.439. The van der Waals surface area contributed by atoms with E-state index in [4.69, 9.17) is 24.2 Å². The topological polar surface area (TPSA) is 80.8 Å². The molecule has 0 amide bonds. The van der Waals surface area contributed by atoms with E-state index in [1.54, 1.807) is 21.3 Å². The van der Waals surface area contributed by atoms with Crippen LogP contribution in [0.5, 0.6) is 17.2 Å². The Kier molecular flexibility index (Phi) is 8.55. The van der Waals surface area contributed by atoms with Crippen molar-refractivity contribution in [2.45, 2.75) is 64.0 Å². The normalized spacial score (nSPS) is 19.6. The highest BCUT2D eigenvalue weighted by atomic mass is 16.5. The summed E-state index contributed by atoms with van der Waals surface area (Å²) in [4.78, 5) is 11.9. The molecule has 0 radical (unpaired) electrons. The third-order valence-electron chi connectivity index (χ3n) is 7.30. The van der Waals surface area contributed by atoms with Crippen LogP contribution in [-0.4, -0.2) is 58.0 Å². The van der Waals surface area contributed by atoms with Crippen molar-refractivity contribution in [1.82, 2.24) is 15.3 Å². The number of nitrogens with zero attached hydrogens (tertiary/aromatic N) is 3. The Bertz CT molecular complexity index is 989. The van der Waals surface area contributed by atoms with Gasteiger partial charge in [0.1, 0.15) is 11.6 Å². The minimum Gasteiger partial charge on any atom is -0.496 e. The molecule has 0 aliphatic heterocycles. The smallest absolute Gasteiger partial charge is 0.225 e. The van der Waals surface area contributed by atoms with E-state index in [9.17, 15) is 0 Å². The van der Waals surface area contributed by atoms with E-state index < -0.39 is 0 Å². The van der Waals surface area contributed by atoms with Crippen LogP contribution in [0.2, 0.25) is 0 Å². The van der Waals surface area contributed by atoms with Crippen molar-refractivity contribution in [3.05, 3.63) is 29.0 Å². The van der Waals surface area contributed by atoms with Crippen LogP contribution in [0.1, 0.15) is 55.3 Å². The first-order chi connectivity index (χ1) is 17.0. The Morgan fingerprint density at radius 3 is 2.26 bits per heavy atom. The van der Waals surface area contributed by atoms with Crippen LogP contribution in [0.25, 0.3) is 0 Å². The van der Waals surface area contributed by atoms with Crippen molar-refractivity contribution in [2.75, 3.05) is 52.2 Å². The fourth-order valence-corrected chi connectivity index (χ4v) is 5.34. The molecule has 4 rings (SSSR count). The van der Waals surface area contributed by atoms with Crippen LogP contribution in [0.4, 0.5) is 11.8 Å². The monoisotopic (exact) mass is 483 g/mol. The molecule has 2 aromatic rings. The maximum Gasteiger partial charge on any atom is 0.225 e. The fourth-order valence-electron chi connectivity index (χ4n) is 5.34. The van der Waals surface area contributed by atoms with E-state index in [0.29, 0.717) is 17.7 Å². The first-order valence-electron chi connectivity index (χ1n) is 12.9. The van der Waals surface area contributed by atoms with Crippen LogP contribution in [0, 0.1) is 5.92 Å². The summed E-state index contributed by atoms with van der Waals surface area (Å²) in [6.07, 6.45) is 9.30. The number of aryl methyl sites for hydroxylation is 1. The van der Waals surface area contributed by atoms with E-state index in [-0.39, 0.29) is 0 Å². The number of benzene rings is 1. The Balaban J connectivity index is 1.28. The highest BCUT2D eigenvalue weighted by Gasteiger charge is 2.24. The number of nitrogens with one attached hydrogen (secondary N) is 2. The van der Waals surface area contributed by atoms with Crippen LogP contribution in [-0.2, 0) is 19.4 Å². The molecule has 192 valence electrons. The van der Waals surface area contributed by atoms with Gasteiger partial charge < -0.3 is 29.7 Å². The molecule has 0 bridgehead atoms. The molecular weight excluding hydrogens is 442 g/mol. The zero-order valence-electron chi connectivity index (χ0n) is 21.9. The van der Waals surface area contributed by atoms with Gasteiger partial charge in [0, 0.05) is 43.9 Å². The average Bonchev–Trinajstić information content (AvgIpc) is 2.88. The quantitative estimate of drug-likeness (QED) is 0.520. The summed E-state index contributed by atoms with van der Waals surface area (Å²) in [6, 6.07) is 4.32. The molecule has 1 fully saturated rings. The van der Waals surface area contributed by atoms with E-state index >= 15 is 0 Å². The lowest BCUT2D eigenvalue weighted by atomic mass is 9.86. The molecule has 0 unspecified atom stereocenters. The lowest BCUT2D eigenvalue weighted by Gasteiger charge is -2.30. The SMILES string of the molecule is COc1cc(OC)c(OC)cc1CNC[C@H]1CC[C@@H](Nc2nc3c(c(N(C)C)n2)CCCC3)CC1. The Morgan fingerprint density at radius 2 is 1.57 bits per heavy atom. The molecule has 0 atom stereocenters. The largest absolute Gasteiger partial charge is 0.496 e. The van der Waals surface area contributed by atoms with E-state index in [1.165, 1.54) is 36.9 Å². The van der Waals surface area contributed by atoms with E-state index in [2.05, 4.69) is 29.6 Å². The molecule has 2 aliphatic rings. The first-order valence-corrected chi connectivity index (χ1v) is 12.9. The molecule has 8 heteroatoms. The highest BCUT2D eigenvalue weighted by molar-refractivity contribution is 5.53. The Hall–Kier alpha value is -2.74. The number of rotatable bonds is 10. The maximum atomic E-state index is 5.56. The fraction of sp³-hybridized carbons (Fsp3) is 0.630. The number of aromatic nitrogens is 2. The summed E-state index contributed by atoms with van der Waals surface area (Å²) in [7, 11) is 9.14. The Morgan fingerprint density at radius 1 is 0.886 bits per heavy atom. The van der Waals surface area contributed by atoms with Crippen LogP contribution >= 0.6 is 0 Å². The second-order valence-electron chi connectivity index (χ2n) is 9.91. The standard InChI is InChI=1S/C27H41N5O3/c1-32(2)26-21-8-6-7-9-22(21)30-27(31-26)29-20-12-10-18(11-13-20)16-28-17-19-14-24(34-4)25(35-5)15-23(19)33-3/h14-15,18,20,28H,6-13,16-17H2,1-5H3,(H,29,30,31)/t18-,20+. The molecule has 0 saturated heterocycles. The zero-order valence-corrected chi connectivity index (χ0v) is 21.9. The second kappa shape index (κ2) is 11.8. The molecule has 1 aromatic carbocycles. The van der Waals surface area contributed by atoms with Gasteiger partial charge in [0.2, 0.25) is 5.95 Å². The van der Waals surface area contributed by atoms with E-state index in [1.807, 2.05) is 12.1 Å². The molecule has 0 spiro atoms. The molecular formula is C27H41N5O3. The van der Waals surface area contributed by atoms with Crippen molar-refractivity contribution >= 4 is 11.8 Å². The van der Waals surface area contributed by atoms with Crippen LogP contribution in [0.15, 0.2) is 12.1 Å². The number of hydrogen-bond acceptors (Lipinski definition) is 8. The van der Waals surface area contributed by atoms with Crippen LogP contribution in [0.3, 0.4) is 0 Å². The molecule has 1 aromatic heterocycles. The van der Waals surface area contributed by atoms with Crippen molar-refractivity contribution in [2.24, 2.45) is 5.92 Å². The van der Waals surface area contributed by atoms with Gasteiger partial charge in [-0.1, -0.05) is 0 Å². The summed E-state index contributed by atoms with van der Waals surface area (Å²) in [5.41, 5.74) is 3.65. The second-order valence-corrected chi connectivity index (χ2v) is 9.91.